The lowest BCUT2D eigenvalue weighted by molar-refractivity contribution is 0.0884. The summed E-state index contributed by atoms with van der Waals surface area (Å²) in [6.07, 6.45) is 0. The van der Waals surface area contributed by atoms with Crippen LogP contribution in [0.25, 0.3) is 10.1 Å². The van der Waals surface area contributed by atoms with Gasteiger partial charge in [0.15, 0.2) is 0 Å². The lowest BCUT2D eigenvalue weighted by Crippen LogP contribution is -2.39. The second-order valence-electron chi connectivity index (χ2n) is 3.99. The van der Waals surface area contributed by atoms with Crippen LogP contribution in [0.1, 0.15) is 9.67 Å². The monoisotopic (exact) mass is 344 g/mol. The van der Waals surface area contributed by atoms with Crippen molar-refractivity contribution in [3.8, 4) is 0 Å². The number of rotatable bonds is 4. The Hall–Kier alpha value is -1.15. The lowest BCUT2D eigenvalue weighted by atomic mass is 10.2. The number of fused-ring (bicyclic) bond motifs is 1. The molecule has 0 spiro atoms. The minimum absolute atomic E-state index is 0.323. The van der Waals surface area contributed by atoms with E-state index in [2.05, 4.69) is 21.2 Å². The minimum atomic E-state index is -0.680. The first-order valence-corrected chi connectivity index (χ1v) is 7.18. The highest BCUT2D eigenvalue weighted by molar-refractivity contribution is 9.10. The van der Waals surface area contributed by atoms with Gasteiger partial charge in [-0.2, -0.15) is 0 Å². The van der Waals surface area contributed by atoms with E-state index in [9.17, 15) is 4.79 Å². The molecule has 0 saturated carbocycles. The van der Waals surface area contributed by atoms with Gasteiger partial charge >= 0.3 is 0 Å². The molecule has 1 heterocycles. The van der Waals surface area contributed by atoms with Crippen molar-refractivity contribution in [2.75, 3.05) is 18.9 Å². The van der Waals surface area contributed by atoms with Crippen molar-refractivity contribution in [2.45, 2.75) is 6.04 Å². The standard InChI is InChI=1S/C12H13BrN2O3S/c13-7-2-1-3-8-9(7)10(14)11(19-8)12(18)15-6(4-16)5-17/h1-3,6,16-17H,4-5,14H2,(H,15,18). The van der Waals surface area contributed by atoms with Crippen molar-refractivity contribution in [1.82, 2.24) is 5.32 Å². The van der Waals surface area contributed by atoms with Crippen LogP contribution in [0.5, 0.6) is 0 Å². The zero-order chi connectivity index (χ0) is 14.0. The minimum Gasteiger partial charge on any atom is -0.397 e. The molecule has 1 amide bonds. The molecule has 0 aliphatic carbocycles. The molecule has 0 bridgehead atoms. The first-order chi connectivity index (χ1) is 9.08. The molecule has 2 rings (SSSR count). The second-order valence-corrected chi connectivity index (χ2v) is 5.90. The number of hydrogen-bond donors (Lipinski definition) is 4. The second kappa shape index (κ2) is 5.87. The van der Waals surface area contributed by atoms with Crippen molar-refractivity contribution in [3.63, 3.8) is 0 Å². The van der Waals surface area contributed by atoms with Crippen LogP contribution in [0, 0.1) is 0 Å². The van der Waals surface area contributed by atoms with Crippen molar-refractivity contribution >= 4 is 48.9 Å². The third-order valence-electron chi connectivity index (χ3n) is 2.68. The van der Waals surface area contributed by atoms with Crippen LogP contribution in [-0.2, 0) is 0 Å². The highest BCUT2D eigenvalue weighted by Gasteiger charge is 2.20. The van der Waals surface area contributed by atoms with E-state index in [-0.39, 0.29) is 13.2 Å². The first kappa shape index (κ1) is 14.3. The molecular formula is C12H13BrN2O3S. The predicted octanol–water partition coefficient (Wildman–Crippen LogP) is 1.33. The molecular weight excluding hydrogens is 332 g/mol. The fraction of sp³-hybridized carbons (Fsp3) is 0.250. The van der Waals surface area contributed by atoms with Gasteiger partial charge in [0, 0.05) is 14.6 Å². The van der Waals surface area contributed by atoms with Gasteiger partial charge in [-0.3, -0.25) is 4.79 Å². The van der Waals surface area contributed by atoms with Gasteiger partial charge in [-0.25, -0.2) is 0 Å². The molecule has 5 N–H and O–H groups in total. The number of aliphatic hydroxyl groups excluding tert-OH is 2. The number of amides is 1. The van der Waals surface area contributed by atoms with E-state index in [1.54, 1.807) is 0 Å². The van der Waals surface area contributed by atoms with Crippen molar-refractivity contribution < 1.29 is 15.0 Å². The van der Waals surface area contributed by atoms with Crippen LogP contribution in [0.4, 0.5) is 5.69 Å². The Bertz CT molecular complexity index is 610. The number of halogens is 1. The number of carbonyl (C=O) groups excluding carboxylic acids is 1. The average molecular weight is 345 g/mol. The summed E-state index contributed by atoms with van der Waals surface area (Å²) >= 11 is 4.68. The van der Waals surface area contributed by atoms with E-state index in [1.807, 2.05) is 18.2 Å². The number of aliphatic hydroxyl groups is 2. The van der Waals surface area contributed by atoms with E-state index < -0.39 is 11.9 Å². The zero-order valence-corrected chi connectivity index (χ0v) is 12.3. The van der Waals surface area contributed by atoms with Gasteiger partial charge in [0.1, 0.15) is 4.88 Å². The Balaban J connectivity index is 2.38. The smallest absolute Gasteiger partial charge is 0.263 e. The van der Waals surface area contributed by atoms with Crippen molar-refractivity contribution in [3.05, 3.63) is 27.5 Å². The molecule has 2 aromatic rings. The average Bonchev–Trinajstić information content (AvgIpc) is 2.74. The highest BCUT2D eigenvalue weighted by Crippen LogP contribution is 2.38. The summed E-state index contributed by atoms with van der Waals surface area (Å²) in [5.74, 6) is -0.390. The maximum absolute atomic E-state index is 12.1. The maximum Gasteiger partial charge on any atom is 0.263 e. The summed E-state index contributed by atoms with van der Waals surface area (Å²) in [5, 5.41) is 21.3. The molecule has 0 aliphatic heterocycles. The predicted molar refractivity (Wildman–Crippen MR) is 79.4 cm³/mol. The van der Waals surface area contributed by atoms with Crippen LogP contribution in [0.2, 0.25) is 0 Å². The van der Waals surface area contributed by atoms with Gasteiger partial charge in [0.05, 0.1) is 24.9 Å². The molecule has 0 saturated heterocycles. The van der Waals surface area contributed by atoms with E-state index in [0.29, 0.717) is 10.6 Å². The Morgan fingerprint density at radius 2 is 2.11 bits per heavy atom. The van der Waals surface area contributed by atoms with Crippen molar-refractivity contribution in [2.24, 2.45) is 0 Å². The van der Waals surface area contributed by atoms with Crippen LogP contribution >= 0.6 is 27.3 Å². The quantitative estimate of drug-likeness (QED) is 0.672. The fourth-order valence-corrected chi connectivity index (χ4v) is 3.46. The SMILES string of the molecule is Nc1c(C(=O)NC(CO)CO)sc2cccc(Br)c12. The molecule has 0 fully saturated rings. The van der Waals surface area contributed by atoms with Gasteiger partial charge < -0.3 is 21.3 Å². The molecule has 0 unspecified atom stereocenters. The van der Waals surface area contributed by atoms with Gasteiger partial charge in [-0.1, -0.05) is 22.0 Å². The molecule has 102 valence electrons. The van der Waals surface area contributed by atoms with E-state index in [0.717, 1.165) is 14.6 Å². The summed E-state index contributed by atoms with van der Waals surface area (Å²) in [7, 11) is 0. The maximum atomic E-state index is 12.1. The summed E-state index contributed by atoms with van der Waals surface area (Å²) < 4.78 is 1.74. The number of benzene rings is 1. The number of nitrogen functional groups attached to an aromatic ring is 1. The highest BCUT2D eigenvalue weighted by atomic mass is 79.9. The number of nitrogens with one attached hydrogen (secondary N) is 1. The number of anilines is 1. The van der Waals surface area contributed by atoms with E-state index >= 15 is 0 Å². The van der Waals surface area contributed by atoms with Gasteiger partial charge in [-0.15, -0.1) is 11.3 Å². The Morgan fingerprint density at radius 1 is 1.42 bits per heavy atom. The first-order valence-electron chi connectivity index (χ1n) is 5.57. The van der Waals surface area contributed by atoms with Crippen LogP contribution in [-0.4, -0.2) is 35.4 Å². The van der Waals surface area contributed by atoms with Gasteiger partial charge in [0.25, 0.3) is 5.91 Å². The molecule has 1 aromatic carbocycles. The van der Waals surface area contributed by atoms with E-state index in [1.165, 1.54) is 11.3 Å². The van der Waals surface area contributed by atoms with E-state index in [4.69, 9.17) is 15.9 Å². The van der Waals surface area contributed by atoms with Crippen LogP contribution < -0.4 is 11.1 Å². The Morgan fingerprint density at radius 3 is 2.68 bits per heavy atom. The Kier molecular flexibility index (Phi) is 4.41. The molecule has 5 nitrogen and oxygen atoms in total. The third kappa shape index (κ3) is 2.74. The van der Waals surface area contributed by atoms with Crippen molar-refractivity contribution in [1.29, 1.82) is 0 Å². The number of thiophene rings is 1. The van der Waals surface area contributed by atoms with Crippen LogP contribution in [0.15, 0.2) is 22.7 Å². The summed E-state index contributed by atoms with van der Waals surface area (Å²) in [6, 6.07) is 4.93. The molecule has 7 heteroatoms. The lowest BCUT2D eigenvalue weighted by Gasteiger charge is -2.12. The normalized spacial score (nSPS) is 11.2. The molecule has 0 atom stereocenters. The third-order valence-corrected chi connectivity index (χ3v) is 4.51. The topological polar surface area (TPSA) is 95.6 Å². The Labute approximate surface area is 122 Å². The summed E-state index contributed by atoms with van der Waals surface area (Å²) in [5.41, 5.74) is 6.40. The summed E-state index contributed by atoms with van der Waals surface area (Å²) in [4.78, 5) is 12.4. The van der Waals surface area contributed by atoms with Crippen LogP contribution in [0.3, 0.4) is 0 Å². The molecule has 1 aromatic heterocycles. The number of hydrogen-bond acceptors (Lipinski definition) is 5. The number of nitrogens with two attached hydrogens (primary N) is 1. The molecule has 0 aliphatic rings. The largest absolute Gasteiger partial charge is 0.397 e. The molecule has 0 radical (unpaired) electrons. The van der Waals surface area contributed by atoms with Gasteiger partial charge in [-0.05, 0) is 12.1 Å². The van der Waals surface area contributed by atoms with Gasteiger partial charge in [0.2, 0.25) is 0 Å². The molecule has 19 heavy (non-hydrogen) atoms. The summed E-state index contributed by atoms with van der Waals surface area (Å²) in [6.45, 7) is -0.645. The zero-order valence-electron chi connectivity index (χ0n) is 9.89. The number of carbonyl (C=O) groups is 1. The fourth-order valence-electron chi connectivity index (χ4n) is 1.70.